The van der Waals surface area contributed by atoms with Gasteiger partial charge in [-0.05, 0) is 31.1 Å². The van der Waals surface area contributed by atoms with Crippen LogP contribution in [0.25, 0.3) is 12.2 Å². The first-order chi connectivity index (χ1) is 14.0. The highest BCUT2D eigenvalue weighted by atomic mass is 16.6. The number of hydrogen-bond acceptors (Lipinski definition) is 6. The fourth-order valence-corrected chi connectivity index (χ4v) is 3.29. The fourth-order valence-electron chi connectivity index (χ4n) is 3.29. The predicted molar refractivity (Wildman–Crippen MR) is 109 cm³/mol. The first-order valence-corrected chi connectivity index (χ1v) is 8.97. The fraction of sp³-hybridized carbons (Fsp3) is 0.227. The number of Topliss-reactive ketones (excluding diaryl/α,β-unsaturated/α-hetero) is 1. The normalized spacial score (nSPS) is 16.3. The van der Waals surface area contributed by atoms with Crippen molar-refractivity contribution in [2.75, 3.05) is 21.3 Å². The summed E-state index contributed by atoms with van der Waals surface area (Å²) in [6.45, 7) is 0. The van der Waals surface area contributed by atoms with Crippen molar-refractivity contribution >= 4 is 23.6 Å². The summed E-state index contributed by atoms with van der Waals surface area (Å²) in [5.41, 5.74) is 2.17. The molecule has 3 rings (SSSR count). The van der Waals surface area contributed by atoms with Gasteiger partial charge in [-0.25, -0.2) is 0 Å². The van der Waals surface area contributed by atoms with Crippen LogP contribution in [-0.2, 0) is 4.79 Å². The molecule has 0 aliphatic heterocycles. The molecule has 150 valence electrons. The number of ketones is 1. The third-order valence-electron chi connectivity index (χ3n) is 4.78. The molecule has 0 heterocycles. The van der Waals surface area contributed by atoms with Crippen LogP contribution >= 0.6 is 0 Å². The lowest BCUT2D eigenvalue weighted by molar-refractivity contribution is -0.385. The quantitative estimate of drug-likeness (QED) is 0.408. The molecule has 29 heavy (non-hydrogen) atoms. The van der Waals surface area contributed by atoms with Gasteiger partial charge in [0.15, 0.2) is 5.78 Å². The van der Waals surface area contributed by atoms with Crippen molar-refractivity contribution < 1.29 is 23.9 Å². The van der Waals surface area contributed by atoms with Crippen molar-refractivity contribution in [3.05, 3.63) is 68.8 Å². The van der Waals surface area contributed by atoms with Crippen LogP contribution in [0, 0.1) is 10.1 Å². The SMILES string of the molecule is COc1cc(OC)c(/C=C2\CC/C(=C\c3ccccc3[N+](=O)[O-])C2=O)c(OC)c1. The smallest absolute Gasteiger partial charge is 0.276 e. The number of nitrogens with zero attached hydrogens (tertiary/aromatic N) is 1. The number of hydrogen-bond donors (Lipinski definition) is 0. The summed E-state index contributed by atoms with van der Waals surface area (Å²) < 4.78 is 16.1. The third-order valence-corrected chi connectivity index (χ3v) is 4.78. The van der Waals surface area contributed by atoms with Crippen LogP contribution in [0.5, 0.6) is 17.2 Å². The van der Waals surface area contributed by atoms with Gasteiger partial charge in [0, 0.05) is 29.3 Å². The summed E-state index contributed by atoms with van der Waals surface area (Å²) in [7, 11) is 4.62. The molecule has 0 bridgehead atoms. The van der Waals surface area contributed by atoms with Crippen molar-refractivity contribution in [3.8, 4) is 17.2 Å². The molecule has 0 saturated heterocycles. The zero-order valence-corrected chi connectivity index (χ0v) is 16.4. The Kier molecular flexibility index (Phi) is 5.97. The largest absolute Gasteiger partial charge is 0.496 e. The van der Waals surface area contributed by atoms with E-state index in [4.69, 9.17) is 14.2 Å². The highest BCUT2D eigenvalue weighted by molar-refractivity contribution is 6.16. The number of carbonyl (C=O) groups is 1. The second kappa shape index (κ2) is 8.60. The Hall–Kier alpha value is -3.61. The molecule has 7 nitrogen and oxygen atoms in total. The molecule has 0 unspecified atom stereocenters. The van der Waals surface area contributed by atoms with Gasteiger partial charge in [-0.2, -0.15) is 0 Å². The van der Waals surface area contributed by atoms with Crippen LogP contribution < -0.4 is 14.2 Å². The number of rotatable bonds is 6. The number of nitro groups is 1. The highest BCUT2D eigenvalue weighted by Gasteiger charge is 2.25. The maximum absolute atomic E-state index is 12.9. The molecule has 1 aliphatic carbocycles. The summed E-state index contributed by atoms with van der Waals surface area (Å²) >= 11 is 0. The van der Waals surface area contributed by atoms with Crippen LogP contribution in [0.3, 0.4) is 0 Å². The van der Waals surface area contributed by atoms with E-state index in [0.717, 1.165) is 0 Å². The Morgan fingerprint density at radius 3 is 2.07 bits per heavy atom. The number of nitro benzene ring substituents is 1. The average Bonchev–Trinajstić information content (AvgIpc) is 3.07. The molecule has 2 aromatic carbocycles. The van der Waals surface area contributed by atoms with Gasteiger partial charge in [0.25, 0.3) is 5.69 Å². The minimum Gasteiger partial charge on any atom is -0.496 e. The van der Waals surface area contributed by atoms with Crippen molar-refractivity contribution in [3.63, 3.8) is 0 Å². The molecular weight excluding hydrogens is 374 g/mol. The highest BCUT2D eigenvalue weighted by Crippen LogP contribution is 2.38. The summed E-state index contributed by atoms with van der Waals surface area (Å²) in [6.07, 6.45) is 4.39. The molecule has 7 heteroatoms. The first-order valence-electron chi connectivity index (χ1n) is 8.97. The lowest BCUT2D eigenvalue weighted by Gasteiger charge is -2.13. The predicted octanol–water partition coefficient (Wildman–Crippen LogP) is 4.45. The van der Waals surface area contributed by atoms with Crippen molar-refractivity contribution in [2.45, 2.75) is 12.8 Å². The van der Waals surface area contributed by atoms with E-state index in [1.807, 2.05) is 0 Å². The Morgan fingerprint density at radius 2 is 1.52 bits per heavy atom. The van der Waals surface area contributed by atoms with E-state index in [1.165, 1.54) is 20.3 Å². The average molecular weight is 395 g/mol. The molecule has 0 radical (unpaired) electrons. The molecule has 1 fully saturated rings. The Balaban J connectivity index is 1.99. The molecule has 0 amide bonds. The van der Waals surface area contributed by atoms with Crippen molar-refractivity contribution in [2.24, 2.45) is 0 Å². The molecule has 2 aromatic rings. The number of methoxy groups -OCH3 is 3. The molecule has 1 aliphatic rings. The van der Waals surface area contributed by atoms with Gasteiger partial charge in [0.1, 0.15) is 17.2 Å². The number of benzene rings is 2. The van der Waals surface area contributed by atoms with Crippen molar-refractivity contribution in [1.82, 2.24) is 0 Å². The van der Waals surface area contributed by atoms with Crippen LogP contribution in [-0.4, -0.2) is 32.0 Å². The van der Waals surface area contributed by atoms with Crippen LogP contribution in [0.1, 0.15) is 24.0 Å². The summed E-state index contributed by atoms with van der Waals surface area (Å²) in [4.78, 5) is 23.7. The zero-order chi connectivity index (χ0) is 21.0. The monoisotopic (exact) mass is 395 g/mol. The standard InChI is InChI=1S/C22H21NO6/c1-27-17-12-20(28-2)18(21(13-17)29-3)11-16-9-8-15(22(16)24)10-14-6-4-5-7-19(14)23(25)26/h4-7,10-13H,8-9H2,1-3H3/b15-10+,16-11+. The van der Waals surface area contributed by atoms with Crippen molar-refractivity contribution in [1.29, 1.82) is 0 Å². The van der Waals surface area contributed by atoms with E-state index >= 15 is 0 Å². The lowest BCUT2D eigenvalue weighted by atomic mass is 10.0. The van der Waals surface area contributed by atoms with Gasteiger partial charge >= 0.3 is 0 Å². The van der Waals surface area contributed by atoms with Gasteiger partial charge in [0.2, 0.25) is 0 Å². The number of para-hydroxylation sites is 1. The Labute approximate surface area is 168 Å². The van der Waals surface area contributed by atoms with E-state index in [9.17, 15) is 14.9 Å². The number of allylic oxidation sites excluding steroid dienone is 2. The van der Waals surface area contributed by atoms with Gasteiger partial charge in [0.05, 0.1) is 37.4 Å². The third kappa shape index (κ3) is 4.13. The lowest BCUT2D eigenvalue weighted by Crippen LogP contribution is -1.99. The molecule has 0 atom stereocenters. The maximum atomic E-state index is 12.9. The van der Waals surface area contributed by atoms with E-state index in [-0.39, 0.29) is 11.5 Å². The van der Waals surface area contributed by atoms with Gasteiger partial charge in [-0.1, -0.05) is 12.1 Å². The minimum absolute atomic E-state index is 0.0243. The molecule has 0 spiro atoms. The zero-order valence-electron chi connectivity index (χ0n) is 16.4. The van der Waals surface area contributed by atoms with E-state index in [0.29, 0.717) is 52.4 Å². The van der Waals surface area contributed by atoms with Gasteiger partial charge in [-0.15, -0.1) is 0 Å². The number of ether oxygens (including phenoxy) is 3. The maximum Gasteiger partial charge on any atom is 0.276 e. The number of carbonyl (C=O) groups excluding carboxylic acids is 1. The Bertz CT molecular complexity index is 997. The van der Waals surface area contributed by atoms with E-state index in [2.05, 4.69) is 0 Å². The van der Waals surface area contributed by atoms with Gasteiger partial charge in [-0.3, -0.25) is 14.9 Å². The topological polar surface area (TPSA) is 87.9 Å². The summed E-state index contributed by atoms with van der Waals surface area (Å²) in [6, 6.07) is 9.81. The van der Waals surface area contributed by atoms with Crippen LogP contribution in [0.2, 0.25) is 0 Å². The summed E-state index contributed by atoms with van der Waals surface area (Å²) in [5, 5.41) is 11.2. The molecular formula is C22H21NO6. The second-order valence-corrected chi connectivity index (χ2v) is 6.43. The second-order valence-electron chi connectivity index (χ2n) is 6.43. The van der Waals surface area contributed by atoms with E-state index < -0.39 is 4.92 Å². The van der Waals surface area contributed by atoms with Crippen LogP contribution in [0.4, 0.5) is 5.69 Å². The summed E-state index contributed by atoms with van der Waals surface area (Å²) in [5.74, 6) is 1.49. The minimum atomic E-state index is -0.449. The van der Waals surface area contributed by atoms with Gasteiger partial charge < -0.3 is 14.2 Å². The Morgan fingerprint density at radius 1 is 0.931 bits per heavy atom. The molecule has 0 aromatic heterocycles. The molecule has 0 N–H and O–H groups in total. The first kappa shape index (κ1) is 20.1. The van der Waals surface area contributed by atoms with E-state index in [1.54, 1.807) is 49.6 Å². The molecule has 1 saturated carbocycles. The van der Waals surface area contributed by atoms with Crippen LogP contribution in [0.15, 0.2) is 47.5 Å².